The minimum atomic E-state index is 0.0310. The van der Waals surface area contributed by atoms with E-state index < -0.39 is 0 Å². The Balaban J connectivity index is 2.71. The summed E-state index contributed by atoms with van der Waals surface area (Å²) in [7, 11) is 0. The largest absolute Gasteiger partial charge is 0.508 e. The highest BCUT2D eigenvalue weighted by Gasteiger charge is 2.27. The first-order chi connectivity index (χ1) is 13.5. The SMILES string of the molecule is CCCCc1c(C)ccc(O)c1C(CCC)c1c(O)ccc(C)c1CCCC. The van der Waals surface area contributed by atoms with Gasteiger partial charge in [-0.25, -0.2) is 0 Å². The monoisotopic (exact) mass is 382 g/mol. The zero-order valence-corrected chi connectivity index (χ0v) is 18.4. The van der Waals surface area contributed by atoms with E-state index in [-0.39, 0.29) is 5.92 Å². The van der Waals surface area contributed by atoms with Crippen molar-refractivity contribution in [2.75, 3.05) is 0 Å². The molecule has 0 aliphatic carbocycles. The van der Waals surface area contributed by atoms with Gasteiger partial charge in [0.15, 0.2) is 0 Å². The van der Waals surface area contributed by atoms with Gasteiger partial charge in [-0.05, 0) is 80.3 Å². The maximum atomic E-state index is 10.9. The van der Waals surface area contributed by atoms with Crippen LogP contribution in [0.1, 0.15) is 98.6 Å². The topological polar surface area (TPSA) is 40.5 Å². The van der Waals surface area contributed by atoms with E-state index in [0.29, 0.717) is 11.5 Å². The molecule has 0 aromatic heterocycles. The van der Waals surface area contributed by atoms with Gasteiger partial charge >= 0.3 is 0 Å². The van der Waals surface area contributed by atoms with E-state index in [1.807, 2.05) is 24.3 Å². The molecule has 0 unspecified atom stereocenters. The first kappa shape index (κ1) is 22.3. The molecule has 2 heteroatoms. The van der Waals surface area contributed by atoms with E-state index in [9.17, 15) is 10.2 Å². The number of aromatic hydroxyl groups is 2. The van der Waals surface area contributed by atoms with Crippen LogP contribution in [0, 0.1) is 13.8 Å². The summed E-state index contributed by atoms with van der Waals surface area (Å²) < 4.78 is 0. The van der Waals surface area contributed by atoms with Gasteiger partial charge in [0.05, 0.1) is 0 Å². The fourth-order valence-corrected chi connectivity index (χ4v) is 4.39. The third kappa shape index (κ3) is 4.90. The molecule has 0 fully saturated rings. The summed E-state index contributed by atoms with van der Waals surface area (Å²) >= 11 is 0. The number of phenols is 2. The highest BCUT2D eigenvalue weighted by Crippen LogP contribution is 2.44. The second-order valence-electron chi connectivity index (χ2n) is 8.14. The van der Waals surface area contributed by atoms with E-state index in [0.717, 1.165) is 62.5 Å². The van der Waals surface area contributed by atoms with Crippen molar-refractivity contribution in [2.24, 2.45) is 0 Å². The standard InChI is InChI=1S/C26H38O2/c1-6-9-12-20-18(4)14-16-23(27)25(20)22(11-8-3)26-21(13-10-7-2)19(5)15-17-24(26)28/h14-17,22,27-28H,6-13H2,1-5H3. The van der Waals surface area contributed by atoms with Crippen LogP contribution in [0.3, 0.4) is 0 Å². The molecule has 154 valence electrons. The average Bonchev–Trinajstić information content (AvgIpc) is 2.68. The van der Waals surface area contributed by atoms with E-state index in [2.05, 4.69) is 34.6 Å². The molecule has 2 aromatic carbocycles. The lowest BCUT2D eigenvalue weighted by Gasteiger charge is -2.27. The number of rotatable bonds is 10. The van der Waals surface area contributed by atoms with Crippen molar-refractivity contribution in [3.8, 4) is 11.5 Å². The molecule has 2 N–H and O–H groups in total. The Hall–Kier alpha value is -1.96. The number of phenolic OH excluding ortho intramolecular Hbond substituents is 2. The predicted molar refractivity (Wildman–Crippen MR) is 120 cm³/mol. The van der Waals surface area contributed by atoms with E-state index in [1.165, 1.54) is 22.3 Å². The smallest absolute Gasteiger partial charge is 0.119 e. The first-order valence-corrected chi connectivity index (χ1v) is 11.1. The Kier molecular flexibility index (Phi) is 8.41. The van der Waals surface area contributed by atoms with Gasteiger partial charge in [-0.1, -0.05) is 52.2 Å². The minimum Gasteiger partial charge on any atom is -0.508 e. The van der Waals surface area contributed by atoms with Gasteiger partial charge in [0.2, 0.25) is 0 Å². The van der Waals surface area contributed by atoms with Crippen molar-refractivity contribution in [3.05, 3.63) is 57.6 Å². The highest BCUT2D eigenvalue weighted by molar-refractivity contribution is 5.56. The molecule has 0 atom stereocenters. The van der Waals surface area contributed by atoms with E-state index >= 15 is 0 Å². The Morgan fingerprint density at radius 2 is 1.11 bits per heavy atom. The maximum Gasteiger partial charge on any atom is 0.119 e. The molecule has 0 aliphatic rings. The fraction of sp³-hybridized carbons (Fsp3) is 0.538. The van der Waals surface area contributed by atoms with Crippen LogP contribution in [0.15, 0.2) is 24.3 Å². The number of aryl methyl sites for hydroxylation is 2. The Morgan fingerprint density at radius 3 is 1.46 bits per heavy atom. The number of hydrogen-bond donors (Lipinski definition) is 2. The van der Waals surface area contributed by atoms with Gasteiger partial charge in [-0.15, -0.1) is 0 Å². The van der Waals surface area contributed by atoms with Gasteiger partial charge in [-0.2, -0.15) is 0 Å². The number of hydrogen-bond acceptors (Lipinski definition) is 2. The van der Waals surface area contributed by atoms with Crippen molar-refractivity contribution >= 4 is 0 Å². The summed E-state index contributed by atoms with van der Waals surface area (Å²) in [4.78, 5) is 0. The average molecular weight is 383 g/mol. The predicted octanol–water partition coefficient (Wildman–Crippen LogP) is 7.33. The van der Waals surface area contributed by atoms with Crippen LogP contribution in [0.5, 0.6) is 11.5 Å². The molecule has 2 aromatic rings. The quantitative estimate of drug-likeness (QED) is 0.451. The zero-order valence-electron chi connectivity index (χ0n) is 18.4. The molecular weight excluding hydrogens is 344 g/mol. The normalized spacial score (nSPS) is 11.4. The first-order valence-electron chi connectivity index (χ1n) is 11.1. The van der Waals surface area contributed by atoms with Crippen molar-refractivity contribution < 1.29 is 10.2 Å². The summed E-state index contributed by atoms with van der Waals surface area (Å²) in [6.07, 6.45) is 8.36. The lowest BCUT2D eigenvalue weighted by molar-refractivity contribution is 0.447. The third-order valence-corrected chi connectivity index (χ3v) is 5.97. The van der Waals surface area contributed by atoms with Crippen LogP contribution in [0.25, 0.3) is 0 Å². The number of unbranched alkanes of at least 4 members (excludes halogenated alkanes) is 2. The molecule has 2 nitrogen and oxygen atoms in total. The molecule has 0 saturated heterocycles. The van der Waals surface area contributed by atoms with Gasteiger partial charge in [-0.3, -0.25) is 0 Å². The van der Waals surface area contributed by atoms with E-state index in [1.54, 1.807) is 0 Å². The second-order valence-corrected chi connectivity index (χ2v) is 8.14. The van der Waals surface area contributed by atoms with Gasteiger partial charge < -0.3 is 10.2 Å². The van der Waals surface area contributed by atoms with Crippen LogP contribution < -0.4 is 0 Å². The van der Waals surface area contributed by atoms with Crippen molar-refractivity contribution in [3.63, 3.8) is 0 Å². The lowest BCUT2D eigenvalue weighted by Crippen LogP contribution is -2.11. The summed E-state index contributed by atoms with van der Waals surface area (Å²) in [5.41, 5.74) is 7.09. The zero-order chi connectivity index (χ0) is 20.7. The van der Waals surface area contributed by atoms with Crippen molar-refractivity contribution in [2.45, 2.75) is 91.9 Å². The van der Waals surface area contributed by atoms with Crippen LogP contribution >= 0.6 is 0 Å². The molecule has 28 heavy (non-hydrogen) atoms. The van der Waals surface area contributed by atoms with Crippen LogP contribution in [0.4, 0.5) is 0 Å². The van der Waals surface area contributed by atoms with Gasteiger partial charge in [0.25, 0.3) is 0 Å². The molecule has 0 spiro atoms. The summed E-state index contributed by atoms with van der Waals surface area (Å²) in [6, 6.07) is 7.73. The van der Waals surface area contributed by atoms with Crippen LogP contribution in [0.2, 0.25) is 0 Å². The minimum absolute atomic E-state index is 0.0310. The summed E-state index contributed by atoms with van der Waals surface area (Å²) in [6.45, 7) is 10.9. The molecule has 0 saturated carbocycles. The maximum absolute atomic E-state index is 10.9. The Labute approximate surface area is 171 Å². The Bertz CT molecular complexity index is 713. The molecule has 0 bridgehead atoms. The molecule has 0 amide bonds. The highest BCUT2D eigenvalue weighted by atomic mass is 16.3. The van der Waals surface area contributed by atoms with Crippen LogP contribution in [-0.4, -0.2) is 10.2 Å². The van der Waals surface area contributed by atoms with E-state index in [4.69, 9.17) is 0 Å². The summed E-state index contributed by atoms with van der Waals surface area (Å²) in [5.74, 6) is 0.776. The molecular formula is C26H38O2. The van der Waals surface area contributed by atoms with Gasteiger partial charge in [0, 0.05) is 17.0 Å². The molecule has 0 aliphatic heterocycles. The number of benzene rings is 2. The molecule has 0 radical (unpaired) electrons. The molecule has 2 rings (SSSR count). The van der Waals surface area contributed by atoms with Gasteiger partial charge in [0.1, 0.15) is 11.5 Å². The molecule has 0 heterocycles. The summed E-state index contributed by atoms with van der Waals surface area (Å²) in [5, 5.41) is 21.8. The third-order valence-electron chi connectivity index (χ3n) is 5.97. The lowest BCUT2D eigenvalue weighted by atomic mass is 9.78. The Morgan fingerprint density at radius 1 is 0.679 bits per heavy atom. The van der Waals surface area contributed by atoms with Crippen LogP contribution in [-0.2, 0) is 12.8 Å². The second kappa shape index (κ2) is 10.5. The fourth-order valence-electron chi connectivity index (χ4n) is 4.39. The van der Waals surface area contributed by atoms with Crippen molar-refractivity contribution in [1.29, 1.82) is 0 Å². The van der Waals surface area contributed by atoms with Crippen molar-refractivity contribution in [1.82, 2.24) is 0 Å².